The normalized spacial score (nSPS) is 12.9. The molecule has 3 aromatic carbocycles. The van der Waals surface area contributed by atoms with Crippen LogP contribution in [0.5, 0.6) is 0 Å². The Bertz CT molecular complexity index is 1270. The largest absolute Gasteiger partial charge is 0.481 e. The SMILES string of the molecule is O=C(O)Cc1ccc(N2C(=O)c3c(Cl)ccc(CCc4cccc(Cl)c4)c3C2=O)c(Cl)c1. The number of amides is 2. The van der Waals surface area contributed by atoms with Crippen LogP contribution in [0, 0.1) is 0 Å². The van der Waals surface area contributed by atoms with Crippen molar-refractivity contribution >= 4 is 58.3 Å². The van der Waals surface area contributed by atoms with E-state index in [1.54, 1.807) is 18.2 Å². The van der Waals surface area contributed by atoms with E-state index in [4.69, 9.17) is 39.9 Å². The molecule has 0 unspecified atom stereocenters. The number of nitrogens with zero attached hydrogens (tertiary/aromatic N) is 1. The van der Waals surface area contributed by atoms with E-state index >= 15 is 0 Å². The van der Waals surface area contributed by atoms with Crippen LogP contribution < -0.4 is 4.90 Å². The van der Waals surface area contributed by atoms with Gasteiger partial charge in [-0.1, -0.05) is 59.1 Å². The molecular formula is C24H16Cl3NO4. The number of benzene rings is 3. The number of hydrogen-bond donors (Lipinski definition) is 1. The first-order chi connectivity index (χ1) is 15.3. The number of halogens is 3. The van der Waals surface area contributed by atoms with Gasteiger partial charge in [0.1, 0.15) is 0 Å². The molecule has 32 heavy (non-hydrogen) atoms. The number of aliphatic carboxylic acids is 1. The molecule has 162 valence electrons. The average Bonchev–Trinajstić information content (AvgIpc) is 2.99. The maximum absolute atomic E-state index is 13.3. The monoisotopic (exact) mass is 487 g/mol. The highest BCUT2D eigenvalue weighted by Crippen LogP contribution is 2.38. The minimum atomic E-state index is -1.01. The second-order valence-corrected chi connectivity index (χ2v) is 8.64. The summed E-state index contributed by atoms with van der Waals surface area (Å²) in [6.07, 6.45) is 0.917. The van der Waals surface area contributed by atoms with E-state index in [1.807, 2.05) is 18.2 Å². The molecule has 1 aliphatic rings. The Hall–Kier alpha value is -2.86. The highest BCUT2D eigenvalue weighted by Gasteiger charge is 2.40. The van der Waals surface area contributed by atoms with Crippen LogP contribution in [0.1, 0.15) is 37.4 Å². The predicted molar refractivity (Wildman–Crippen MR) is 124 cm³/mol. The van der Waals surface area contributed by atoms with Gasteiger partial charge in [-0.25, -0.2) is 4.90 Å². The highest BCUT2D eigenvalue weighted by molar-refractivity contribution is 6.44. The zero-order chi connectivity index (χ0) is 23.0. The molecule has 0 fully saturated rings. The van der Waals surface area contributed by atoms with Crippen molar-refractivity contribution in [2.24, 2.45) is 0 Å². The number of anilines is 1. The van der Waals surface area contributed by atoms with E-state index in [-0.39, 0.29) is 33.3 Å². The lowest BCUT2D eigenvalue weighted by atomic mass is 9.97. The van der Waals surface area contributed by atoms with E-state index in [9.17, 15) is 14.4 Å². The molecule has 5 nitrogen and oxygen atoms in total. The van der Waals surface area contributed by atoms with Crippen LogP contribution in [-0.4, -0.2) is 22.9 Å². The van der Waals surface area contributed by atoms with Crippen molar-refractivity contribution in [3.8, 4) is 0 Å². The summed E-state index contributed by atoms with van der Waals surface area (Å²) >= 11 is 18.7. The maximum atomic E-state index is 13.3. The maximum Gasteiger partial charge on any atom is 0.307 e. The standard InChI is InChI=1S/C24H16Cl3NO4/c25-16-3-1-2-13(10-16)4-6-15-7-8-17(26)22-21(15)23(31)28(24(22)32)19-9-5-14(11-18(19)27)12-20(29)30/h1-3,5,7-11H,4,6,12H2,(H,29,30). The van der Waals surface area contributed by atoms with Crippen molar-refractivity contribution in [1.29, 1.82) is 0 Å². The van der Waals surface area contributed by atoms with Gasteiger partial charge in [0.15, 0.2) is 0 Å². The number of carbonyl (C=O) groups is 3. The first-order valence-corrected chi connectivity index (χ1v) is 10.8. The molecule has 0 bridgehead atoms. The van der Waals surface area contributed by atoms with Gasteiger partial charge in [-0.2, -0.15) is 0 Å². The third-order valence-corrected chi connectivity index (χ3v) is 6.11. The molecule has 0 aliphatic carbocycles. The van der Waals surface area contributed by atoms with E-state index in [2.05, 4.69) is 0 Å². The van der Waals surface area contributed by atoms with E-state index in [0.29, 0.717) is 29.0 Å². The van der Waals surface area contributed by atoms with Gasteiger partial charge in [0.25, 0.3) is 11.8 Å². The summed E-state index contributed by atoms with van der Waals surface area (Å²) in [6, 6.07) is 15.2. The molecule has 0 aromatic heterocycles. The Morgan fingerprint density at radius 1 is 0.812 bits per heavy atom. The molecule has 0 spiro atoms. The summed E-state index contributed by atoms with van der Waals surface area (Å²) in [7, 11) is 0. The topological polar surface area (TPSA) is 74.7 Å². The third-order valence-electron chi connectivity index (χ3n) is 5.26. The molecule has 1 N–H and O–H groups in total. The second kappa shape index (κ2) is 8.94. The van der Waals surface area contributed by atoms with Gasteiger partial charge in [-0.3, -0.25) is 14.4 Å². The van der Waals surface area contributed by atoms with Gasteiger partial charge in [0.05, 0.1) is 33.3 Å². The summed E-state index contributed by atoms with van der Waals surface area (Å²) in [5, 5.41) is 9.89. The lowest BCUT2D eigenvalue weighted by molar-refractivity contribution is -0.136. The van der Waals surface area contributed by atoms with Crippen molar-refractivity contribution in [1.82, 2.24) is 0 Å². The Balaban J connectivity index is 1.68. The molecular weight excluding hydrogens is 473 g/mol. The first kappa shape index (κ1) is 22.3. The summed E-state index contributed by atoms with van der Waals surface area (Å²) in [4.78, 5) is 38.4. The fourth-order valence-electron chi connectivity index (χ4n) is 3.80. The number of fused-ring (bicyclic) bond motifs is 1. The lowest BCUT2D eigenvalue weighted by Crippen LogP contribution is -2.30. The van der Waals surface area contributed by atoms with Crippen molar-refractivity contribution in [2.75, 3.05) is 4.90 Å². The lowest BCUT2D eigenvalue weighted by Gasteiger charge is -2.16. The zero-order valence-electron chi connectivity index (χ0n) is 16.6. The molecule has 0 atom stereocenters. The van der Waals surface area contributed by atoms with E-state index in [0.717, 1.165) is 10.5 Å². The number of rotatable bonds is 6. The van der Waals surface area contributed by atoms with Gasteiger partial charge in [-0.05, 0) is 59.9 Å². The van der Waals surface area contributed by atoms with Crippen LogP contribution in [0.15, 0.2) is 54.6 Å². The summed E-state index contributed by atoms with van der Waals surface area (Å²) in [6.45, 7) is 0. The minimum Gasteiger partial charge on any atom is -0.481 e. The summed E-state index contributed by atoms with van der Waals surface area (Å²) < 4.78 is 0. The molecule has 4 rings (SSSR count). The van der Waals surface area contributed by atoms with E-state index < -0.39 is 17.8 Å². The van der Waals surface area contributed by atoms with Crippen molar-refractivity contribution in [3.05, 3.63) is 97.5 Å². The number of carboxylic acids is 1. The van der Waals surface area contributed by atoms with Crippen LogP contribution >= 0.6 is 34.8 Å². The number of imide groups is 1. The number of carbonyl (C=O) groups excluding carboxylic acids is 2. The minimum absolute atomic E-state index is 0.106. The molecule has 0 radical (unpaired) electrons. The van der Waals surface area contributed by atoms with Crippen LogP contribution in [0.3, 0.4) is 0 Å². The van der Waals surface area contributed by atoms with Gasteiger partial charge >= 0.3 is 5.97 Å². The van der Waals surface area contributed by atoms with Gasteiger partial charge in [0, 0.05) is 5.02 Å². The van der Waals surface area contributed by atoms with Crippen LogP contribution in [0.25, 0.3) is 0 Å². The summed E-state index contributed by atoms with van der Waals surface area (Å²) in [5.74, 6) is -2.08. The summed E-state index contributed by atoms with van der Waals surface area (Å²) in [5.41, 5.74) is 2.75. The number of hydrogen-bond acceptors (Lipinski definition) is 3. The van der Waals surface area contributed by atoms with Crippen molar-refractivity contribution in [2.45, 2.75) is 19.3 Å². The first-order valence-electron chi connectivity index (χ1n) is 9.71. The van der Waals surface area contributed by atoms with E-state index in [1.165, 1.54) is 18.2 Å². The second-order valence-electron chi connectivity index (χ2n) is 7.39. The smallest absolute Gasteiger partial charge is 0.307 e. The van der Waals surface area contributed by atoms with Crippen LogP contribution in [0.4, 0.5) is 5.69 Å². The fraction of sp³-hybridized carbons (Fsp3) is 0.125. The molecule has 3 aromatic rings. The quantitative estimate of drug-likeness (QED) is 0.441. The highest BCUT2D eigenvalue weighted by atomic mass is 35.5. The molecule has 0 saturated heterocycles. The number of carboxylic acid groups (broad SMARTS) is 1. The van der Waals surface area contributed by atoms with Gasteiger partial charge in [-0.15, -0.1) is 0 Å². The van der Waals surface area contributed by atoms with Crippen LogP contribution in [0.2, 0.25) is 15.1 Å². The molecule has 1 heterocycles. The molecule has 0 saturated carbocycles. The molecule has 2 amide bonds. The molecule has 1 aliphatic heterocycles. The van der Waals surface area contributed by atoms with Crippen molar-refractivity contribution < 1.29 is 19.5 Å². The van der Waals surface area contributed by atoms with Gasteiger partial charge < -0.3 is 5.11 Å². The average molecular weight is 489 g/mol. The molecule has 8 heteroatoms. The Morgan fingerprint density at radius 3 is 2.25 bits per heavy atom. The Labute approximate surface area is 199 Å². The Morgan fingerprint density at radius 2 is 1.56 bits per heavy atom. The Kier molecular flexibility index (Phi) is 6.24. The zero-order valence-corrected chi connectivity index (χ0v) is 18.8. The fourth-order valence-corrected chi connectivity index (χ4v) is 4.54. The predicted octanol–water partition coefficient (Wildman–Crippen LogP) is 5.86. The third kappa shape index (κ3) is 4.24. The van der Waals surface area contributed by atoms with Crippen LogP contribution in [-0.2, 0) is 24.1 Å². The van der Waals surface area contributed by atoms with Gasteiger partial charge in [0.2, 0.25) is 0 Å². The number of aryl methyl sites for hydroxylation is 2. The van der Waals surface area contributed by atoms with Crippen molar-refractivity contribution in [3.63, 3.8) is 0 Å².